The molecule has 232 valence electrons. The molecule has 7 rings (SSSR count). The number of benzene rings is 2. The van der Waals surface area contributed by atoms with Gasteiger partial charge in [-0.05, 0) is 56.5 Å². The Morgan fingerprint density at radius 1 is 1.09 bits per heavy atom. The highest BCUT2D eigenvalue weighted by Gasteiger charge is 2.60. The Labute approximate surface area is 261 Å². The number of nitrogens with zero attached hydrogens (tertiary/aromatic N) is 3. The van der Waals surface area contributed by atoms with Crippen molar-refractivity contribution in [2.45, 2.75) is 76.5 Å². The molecule has 2 aromatic rings. The summed E-state index contributed by atoms with van der Waals surface area (Å²) in [6, 6.07) is 3.41. The summed E-state index contributed by atoms with van der Waals surface area (Å²) in [5.74, 6) is 1.87. The Morgan fingerprint density at radius 2 is 1.84 bits per heavy atom. The summed E-state index contributed by atoms with van der Waals surface area (Å²) in [7, 11) is 3.82. The van der Waals surface area contributed by atoms with Crippen molar-refractivity contribution in [2.75, 3.05) is 33.3 Å². The van der Waals surface area contributed by atoms with Crippen LogP contribution in [0.5, 0.6) is 23.0 Å². The van der Waals surface area contributed by atoms with Crippen LogP contribution < -0.4 is 18.9 Å². The number of methoxy groups -OCH3 is 1. The summed E-state index contributed by atoms with van der Waals surface area (Å²) in [5.41, 5.74) is 6.93. The van der Waals surface area contributed by atoms with Crippen LogP contribution >= 0.6 is 11.8 Å². The fraction of sp³-hybridized carbons (Fsp3) is 0.545. The number of thioether (sulfide) groups is 1. The smallest absolute Gasteiger partial charge is 0.309 e. The first-order valence-electron chi connectivity index (χ1n) is 15.1. The molecule has 5 aliphatic rings. The van der Waals surface area contributed by atoms with E-state index in [-0.39, 0.29) is 48.7 Å². The van der Waals surface area contributed by atoms with Crippen molar-refractivity contribution in [3.63, 3.8) is 0 Å². The van der Waals surface area contributed by atoms with Crippen molar-refractivity contribution < 1.29 is 33.3 Å². The van der Waals surface area contributed by atoms with Gasteiger partial charge in [0.25, 0.3) is 0 Å². The van der Waals surface area contributed by atoms with Crippen molar-refractivity contribution in [3.8, 4) is 29.1 Å². The highest BCUT2D eigenvalue weighted by molar-refractivity contribution is 7.99. The maximum Gasteiger partial charge on any atom is 0.309 e. The molecule has 0 radical (unpaired) electrons. The highest BCUT2D eigenvalue weighted by Crippen LogP contribution is 2.63. The summed E-state index contributed by atoms with van der Waals surface area (Å²) >= 11 is 1.65. The second-order valence-electron chi connectivity index (χ2n) is 12.6. The van der Waals surface area contributed by atoms with Gasteiger partial charge in [-0.1, -0.05) is 13.0 Å². The van der Waals surface area contributed by atoms with Gasteiger partial charge in [0, 0.05) is 41.5 Å². The minimum absolute atomic E-state index is 0.0261. The molecule has 5 aliphatic heterocycles. The lowest BCUT2D eigenvalue weighted by molar-refractivity contribution is -0.153. The van der Waals surface area contributed by atoms with Gasteiger partial charge in [-0.25, -0.2) is 0 Å². The number of aryl methyl sites for hydroxylation is 1. The number of hydrogen-bond donors (Lipinski definition) is 0. The average molecular weight is 620 g/mol. The van der Waals surface area contributed by atoms with Crippen LogP contribution in [0.2, 0.25) is 0 Å². The molecular formula is C33H37N3O7S. The van der Waals surface area contributed by atoms with Crippen molar-refractivity contribution in [3.05, 3.63) is 45.0 Å². The molecule has 0 spiro atoms. The zero-order valence-electron chi connectivity index (χ0n) is 26.1. The van der Waals surface area contributed by atoms with Crippen molar-refractivity contribution in [1.82, 2.24) is 9.80 Å². The van der Waals surface area contributed by atoms with Gasteiger partial charge in [0.05, 0.1) is 36.4 Å². The number of ether oxygens (including phenoxy) is 5. The molecule has 2 fully saturated rings. The third-order valence-corrected chi connectivity index (χ3v) is 11.7. The number of rotatable bonds is 2. The van der Waals surface area contributed by atoms with Crippen LogP contribution in [0.15, 0.2) is 6.07 Å². The lowest BCUT2D eigenvalue weighted by Gasteiger charge is -2.62. The fourth-order valence-electron chi connectivity index (χ4n) is 8.39. The summed E-state index contributed by atoms with van der Waals surface area (Å²) in [5, 5.41) is 10.6. The summed E-state index contributed by atoms with van der Waals surface area (Å²) in [6.45, 7) is 9.42. The summed E-state index contributed by atoms with van der Waals surface area (Å²) in [6.07, 6.45) is 0.702. The highest BCUT2D eigenvalue weighted by atomic mass is 32.2. The first-order valence-corrected chi connectivity index (χ1v) is 16.1. The Hall–Kier alpha value is -3.46. The minimum Gasteiger partial charge on any atom is -0.496 e. The van der Waals surface area contributed by atoms with E-state index < -0.39 is 18.1 Å². The number of carbonyl (C=O) groups is 2. The van der Waals surface area contributed by atoms with Gasteiger partial charge in [0.15, 0.2) is 11.5 Å². The molecule has 2 aromatic carbocycles. The Balaban J connectivity index is 1.56. The molecule has 0 amide bonds. The van der Waals surface area contributed by atoms with E-state index in [0.29, 0.717) is 35.0 Å². The molecule has 0 N–H and O–H groups in total. The van der Waals surface area contributed by atoms with Gasteiger partial charge in [-0.15, -0.1) is 0 Å². The predicted molar refractivity (Wildman–Crippen MR) is 162 cm³/mol. The SMILES string of the molecule is COc1c(C)cc2c(c1C)[C@@H]1C3[C@@H]4SC[C@H](C)C(=O)OC[C@H](c5c6c(c(C)c(OC(C)=O)c54)OCO6)N3[C@@H](C#N)[C@@H](C2)N1C. The molecule has 7 atom stereocenters. The van der Waals surface area contributed by atoms with E-state index in [4.69, 9.17) is 23.7 Å². The molecule has 11 heteroatoms. The monoisotopic (exact) mass is 619 g/mol. The van der Waals surface area contributed by atoms with Gasteiger partial charge in [-0.3, -0.25) is 19.4 Å². The van der Waals surface area contributed by atoms with E-state index >= 15 is 0 Å². The normalized spacial score (nSPS) is 30.4. The molecule has 4 bridgehead atoms. The number of likely N-dealkylation sites (N-methyl/N-ethyl adjacent to an activating group) is 1. The van der Waals surface area contributed by atoms with Crippen LogP contribution in [0.1, 0.15) is 70.1 Å². The number of hydrogen-bond acceptors (Lipinski definition) is 11. The van der Waals surface area contributed by atoms with E-state index in [2.05, 4.69) is 42.8 Å². The van der Waals surface area contributed by atoms with E-state index in [0.717, 1.165) is 28.0 Å². The Morgan fingerprint density at radius 3 is 2.55 bits per heavy atom. The molecule has 0 saturated carbocycles. The molecule has 0 aromatic heterocycles. The van der Waals surface area contributed by atoms with Crippen LogP contribution in [0.3, 0.4) is 0 Å². The molecule has 2 saturated heterocycles. The third kappa shape index (κ3) is 4.00. The van der Waals surface area contributed by atoms with Crippen LogP contribution in [0.4, 0.5) is 0 Å². The van der Waals surface area contributed by atoms with Gasteiger partial charge in [0.1, 0.15) is 24.1 Å². The van der Waals surface area contributed by atoms with Crippen LogP contribution in [0.25, 0.3) is 0 Å². The molecule has 5 heterocycles. The number of carbonyl (C=O) groups excluding carboxylic acids is 2. The predicted octanol–water partition coefficient (Wildman–Crippen LogP) is 4.47. The molecule has 10 nitrogen and oxygen atoms in total. The van der Waals surface area contributed by atoms with E-state index in [9.17, 15) is 14.9 Å². The Bertz CT molecular complexity index is 1640. The minimum atomic E-state index is -0.524. The average Bonchev–Trinajstić information content (AvgIpc) is 3.47. The first kappa shape index (κ1) is 29.3. The number of cyclic esters (lactones) is 1. The maximum absolute atomic E-state index is 13.1. The molecule has 44 heavy (non-hydrogen) atoms. The first-order chi connectivity index (χ1) is 21.1. The fourth-order valence-corrected chi connectivity index (χ4v) is 9.91. The van der Waals surface area contributed by atoms with Gasteiger partial charge >= 0.3 is 11.9 Å². The summed E-state index contributed by atoms with van der Waals surface area (Å²) < 4.78 is 30.0. The second kappa shape index (κ2) is 10.6. The van der Waals surface area contributed by atoms with Crippen molar-refractivity contribution in [1.29, 1.82) is 5.26 Å². The summed E-state index contributed by atoms with van der Waals surface area (Å²) in [4.78, 5) is 30.4. The lowest BCUT2D eigenvalue weighted by atomic mass is 9.70. The maximum atomic E-state index is 13.1. The number of piperazine rings is 1. The van der Waals surface area contributed by atoms with E-state index in [1.54, 1.807) is 18.9 Å². The van der Waals surface area contributed by atoms with E-state index in [1.165, 1.54) is 18.1 Å². The van der Waals surface area contributed by atoms with Crippen molar-refractivity contribution >= 4 is 23.7 Å². The molecule has 1 unspecified atom stereocenters. The van der Waals surface area contributed by atoms with Crippen LogP contribution in [-0.4, -0.2) is 73.2 Å². The lowest BCUT2D eigenvalue weighted by Crippen LogP contribution is -2.69. The quantitative estimate of drug-likeness (QED) is 0.351. The van der Waals surface area contributed by atoms with Crippen LogP contribution in [-0.2, 0) is 20.7 Å². The zero-order valence-corrected chi connectivity index (χ0v) is 26.9. The third-order valence-electron chi connectivity index (χ3n) is 10.1. The van der Waals surface area contributed by atoms with Crippen molar-refractivity contribution in [2.24, 2.45) is 5.92 Å². The van der Waals surface area contributed by atoms with Crippen LogP contribution in [0, 0.1) is 38.0 Å². The Kier molecular flexibility index (Phi) is 7.03. The van der Waals surface area contributed by atoms with Gasteiger partial charge < -0.3 is 23.7 Å². The second-order valence-corrected chi connectivity index (χ2v) is 13.7. The standard InChI is InChI=1S/C33H37N3O7S/c1-14-8-19-9-20-21(10-34)36-22-11-40-33(38)15(2)12-44-32(27(36)26(35(20)6)23(19)16(3)28(14)39-7)25-24(22)31-30(41-13-42-31)17(4)29(25)43-18(5)37/h8,15,20-22,26-27,32H,9,11-13H2,1-7H3/t15-,20+,21-,22+,26+,27?,32+/m0/s1. The molecular weight excluding hydrogens is 582 g/mol. The number of esters is 2. The van der Waals surface area contributed by atoms with Gasteiger partial charge in [0.2, 0.25) is 6.79 Å². The number of fused-ring (bicyclic) bond motifs is 9. The van der Waals surface area contributed by atoms with E-state index in [1.807, 2.05) is 13.8 Å². The molecule has 0 aliphatic carbocycles. The zero-order chi connectivity index (χ0) is 31.2. The topological polar surface area (TPSA) is 111 Å². The van der Waals surface area contributed by atoms with Gasteiger partial charge in [-0.2, -0.15) is 17.0 Å². The number of nitriles is 1. The largest absolute Gasteiger partial charge is 0.496 e.